The number of amides is 1. The van der Waals surface area contributed by atoms with Crippen molar-refractivity contribution in [2.24, 2.45) is 5.73 Å². The van der Waals surface area contributed by atoms with Gasteiger partial charge in [0.1, 0.15) is 11.9 Å². The Hall–Kier alpha value is -2.46. The summed E-state index contributed by atoms with van der Waals surface area (Å²) in [5.41, 5.74) is 5.93. The summed E-state index contributed by atoms with van der Waals surface area (Å²) in [6.45, 7) is 1.24. The van der Waals surface area contributed by atoms with E-state index in [4.69, 9.17) is 32.8 Å². The van der Waals surface area contributed by atoms with E-state index in [1.165, 1.54) is 29.0 Å². The third-order valence-electron chi connectivity index (χ3n) is 3.59. The number of benzene rings is 1. The highest BCUT2D eigenvalue weighted by atomic mass is 32.1. The van der Waals surface area contributed by atoms with E-state index in [1.54, 1.807) is 6.07 Å². The third-order valence-corrected chi connectivity index (χ3v) is 3.73. The topological polar surface area (TPSA) is 104 Å². The molecule has 2 rings (SSSR count). The van der Waals surface area contributed by atoms with E-state index in [-0.39, 0.29) is 30.1 Å². The average Bonchev–Trinajstić information content (AvgIpc) is 2.93. The number of nitrogens with two attached hydrogens (primary N) is 1. The lowest BCUT2D eigenvalue weighted by atomic mass is 10.2. The first-order valence-corrected chi connectivity index (χ1v) is 7.94. The summed E-state index contributed by atoms with van der Waals surface area (Å²) in [4.78, 5) is 14.6. The van der Waals surface area contributed by atoms with Gasteiger partial charge in [0.15, 0.2) is 5.11 Å². The first kappa shape index (κ1) is 18.9. The molecule has 1 aliphatic heterocycles. The zero-order valence-electron chi connectivity index (χ0n) is 13.7. The maximum Gasteiger partial charge on any atom is 0.414 e. The molecule has 0 aromatic heterocycles. The Morgan fingerprint density at radius 3 is 3.04 bits per heavy atom. The molecule has 0 radical (unpaired) electrons. The lowest BCUT2D eigenvalue weighted by molar-refractivity contribution is 0.0718. The summed E-state index contributed by atoms with van der Waals surface area (Å²) in [6.07, 6.45) is 0.0844. The quantitative estimate of drug-likeness (QED) is 0.357. The van der Waals surface area contributed by atoms with Crippen LogP contribution in [0.4, 0.5) is 20.6 Å². The zero-order valence-corrected chi connectivity index (χ0v) is 14.5. The second kappa shape index (κ2) is 8.58. The molecule has 25 heavy (non-hydrogen) atoms. The highest BCUT2D eigenvalue weighted by Crippen LogP contribution is 2.27. The molecule has 0 saturated carbocycles. The smallest absolute Gasteiger partial charge is 0.414 e. The van der Waals surface area contributed by atoms with E-state index in [1.807, 2.05) is 0 Å². The molecule has 10 heteroatoms. The van der Waals surface area contributed by atoms with Crippen LogP contribution in [0.1, 0.15) is 0 Å². The van der Waals surface area contributed by atoms with Crippen molar-refractivity contribution in [2.45, 2.75) is 6.10 Å². The summed E-state index contributed by atoms with van der Waals surface area (Å²) >= 11 is 4.70. The molecule has 0 bridgehead atoms. The van der Waals surface area contributed by atoms with Crippen LogP contribution in [0.15, 0.2) is 18.2 Å². The second-order valence-corrected chi connectivity index (χ2v) is 5.76. The van der Waals surface area contributed by atoms with Crippen LogP contribution in [0.2, 0.25) is 0 Å². The predicted molar refractivity (Wildman–Crippen MR) is 96.8 cm³/mol. The van der Waals surface area contributed by atoms with Crippen LogP contribution in [0.5, 0.6) is 0 Å². The first-order valence-electron chi connectivity index (χ1n) is 7.53. The summed E-state index contributed by atoms with van der Waals surface area (Å²) in [5.74, 6) is -0.556. The standard InChI is InChI=1S/C15H20FN5O3S/c1-23-8-11-7-21(15(22)24-11)10-2-3-13(12(16)6-10)20(9-17)5-4-19-14(18)25/h2-3,6,9,11,17H,4-5,7-8H2,1H3,(H3,18,19,25). The van der Waals surface area contributed by atoms with E-state index < -0.39 is 11.9 Å². The van der Waals surface area contributed by atoms with E-state index >= 15 is 0 Å². The normalized spacial score (nSPS) is 16.5. The number of hydrogen-bond donors (Lipinski definition) is 3. The molecule has 1 unspecified atom stereocenters. The summed E-state index contributed by atoms with van der Waals surface area (Å²) in [7, 11) is 1.52. The fourth-order valence-electron chi connectivity index (χ4n) is 2.46. The zero-order chi connectivity index (χ0) is 18.4. The van der Waals surface area contributed by atoms with Gasteiger partial charge in [0.2, 0.25) is 0 Å². The minimum Gasteiger partial charge on any atom is -0.441 e. The average molecular weight is 369 g/mol. The molecule has 1 aromatic rings. The van der Waals surface area contributed by atoms with Crippen LogP contribution in [0.3, 0.4) is 0 Å². The van der Waals surface area contributed by atoms with E-state index in [9.17, 15) is 9.18 Å². The van der Waals surface area contributed by atoms with Gasteiger partial charge in [-0.3, -0.25) is 10.3 Å². The fourth-order valence-corrected chi connectivity index (χ4v) is 2.56. The fraction of sp³-hybridized carbons (Fsp3) is 0.400. The van der Waals surface area contributed by atoms with Crippen LogP contribution in [-0.4, -0.2) is 57.0 Å². The van der Waals surface area contributed by atoms with Crippen LogP contribution < -0.4 is 20.9 Å². The summed E-state index contributed by atoms with van der Waals surface area (Å²) in [6, 6.07) is 4.35. The van der Waals surface area contributed by atoms with Crippen molar-refractivity contribution in [2.75, 3.05) is 43.2 Å². The Morgan fingerprint density at radius 1 is 1.68 bits per heavy atom. The van der Waals surface area contributed by atoms with Crippen molar-refractivity contribution in [1.82, 2.24) is 5.32 Å². The molecule has 1 amide bonds. The lowest BCUT2D eigenvalue weighted by Crippen LogP contribution is -2.37. The Balaban J connectivity index is 2.10. The van der Waals surface area contributed by atoms with Crippen molar-refractivity contribution >= 4 is 41.1 Å². The number of anilines is 2. The largest absolute Gasteiger partial charge is 0.441 e. The van der Waals surface area contributed by atoms with Crippen LogP contribution in [0.25, 0.3) is 0 Å². The number of cyclic esters (lactones) is 1. The maximum atomic E-state index is 14.5. The molecule has 136 valence electrons. The molecule has 1 atom stereocenters. The molecular formula is C15H20FN5O3S. The van der Waals surface area contributed by atoms with Gasteiger partial charge in [0.05, 0.1) is 30.9 Å². The molecular weight excluding hydrogens is 349 g/mol. The van der Waals surface area contributed by atoms with Gasteiger partial charge in [0.25, 0.3) is 0 Å². The number of methoxy groups -OCH3 is 1. The molecule has 8 nitrogen and oxygen atoms in total. The Kier molecular flexibility index (Phi) is 6.48. The third kappa shape index (κ3) is 4.77. The van der Waals surface area contributed by atoms with Gasteiger partial charge in [-0.05, 0) is 30.4 Å². The van der Waals surface area contributed by atoms with Crippen molar-refractivity contribution in [3.8, 4) is 0 Å². The van der Waals surface area contributed by atoms with Gasteiger partial charge < -0.3 is 25.4 Å². The number of carbonyl (C=O) groups excluding carboxylic acids is 1. The van der Waals surface area contributed by atoms with Gasteiger partial charge >= 0.3 is 6.09 Å². The van der Waals surface area contributed by atoms with Gasteiger partial charge in [-0.15, -0.1) is 0 Å². The number of carbonyl (C=O) groups is 1. The van der Waals surface area contributed by atoms with Crippen molar-refractivity contribution in [3.63, 3.8) is 0 Å². The second-order valence-electron chi connectivity index (χ2n) is 5.32. The number of halogens is 1. The lowest BCUT2D eigenvalue weighted by Gasteiger charge is -2.21. The number of thiocarbonyl (C=S) groups is 1. The Labute approximate surface area is 150 Å². The molecule has 1 aliphatic rings. The number of hydrogen-bond acceptors (Lipinski definition) is 5. The Morgan fingerprint density at radius 2 is 2.44 bits per heavy atom. The summed E-state index contributed by atoms with van der Waals surface area (Å²) in [5, 5.41) is 10.3. The molecule has 4 N–H and O–H groups in total. The minimum absolute atomic E-state index is 0.138. The predicted octanol–water partition coefficient (Wildman–Crippen LogP) is 1.04. The van der Waals surface area contributed by atoms with Gasteiger partial charge in [0, 0.05) is 20.2 Å². The molecule has 1 aromatic carbocycles. The van der Waals surface area contributed by atoms with Gasteiger partial charge in [-0.25, -0.2) is 9.18 Å². The molecule has 1 fully saturated rings. The first-order chi connectivity index (χ1) is 12.0. The highest BCUT2D eigenvalue weighted by Gasteiger charge is 2.32. The maximum absolute atomic E-state index is 14.5. The van der Waals surface area contributed by atoms with Crippen LogP contribution in [-0.2, 0) is 9.47 Å². The van der Waals surface area contributed by atoms with Crippen molar-refractivity contribution < 1.29 is 18.7 Å². The number of ether oxygens (including phenoxy) is 2. The van der Waals surface area contributed by atoms with Crippen LogP contribution >= 0.6 is 12.2 Å². The van der Waals surface area contributed by atoms with E-state index in [0.29, 0.717) is 18.8 Å². The Bertz CT molecular complexity index is 660. The molecule has 1 saturated heterocycles. The SMILES string of the molecule is COCC1CN(c2ccc(N(C=N)CCNC(N)=S)c(F)c2)C(=O)O1. The van der Waals surface area contributed by atoms with Gasteiger partial charge in [-0.1, -0.05) is 0 Å². The molecule has 0 spiro atoms. The monoisotopic (exact) mass is 369 g/mol. The van der Waals surface area contributed by atoms with Crippen molar-refractivity contribution in [3.05, 3.63) is 24.0 Å². The summed E-state index contributed by atoms with van der Waals surface area (Å²) < 4.78 is 24.6. The number of rotatable bonds is 8. The molecule has 0 aliphatic carbocycles. The number of nitrogens with zero attached hydrogens (tertiary/aromatic N) is 2. The van der Waals surface area contributed by atoms with Gasteiger partial charge in [-0.2, -0.15) is 0 Å². The van der Waals surface area contributed by atoms with Crippen molar-refractivity contribution in [1.29, 1.82) is 5.41 Å². The van der Waals surface area contributed by atoms with E-state index in [0.717, 1.165) is 6.34 Å². The van der Waals surface area contributed by atoms with E-state index in [2.05, 4.69) is 5.32 Å². The highest BCUT2D eigenvalue weighted by molar-refractivity contribution is 7.80. The minimum atomic E-state index is -0.556. The number of nitrogens with one attached hydrogen (secondary N) is 2. The molecule has 1 heterocycles. The van der Waals surface area contributed by atoms with Crippen LogP contribution in [0, 0.1) is 11.2 Å².